The van der Waals surface area contributed by atoms with E-state index >= 15 is 0 Å². The van der Waals surface area contributed by atoms with Gasteiger partial charge in [-0.25, -0.2) is 0 Å². The Kier molecular flexibility index (Phi) is 2.81. The molecule has 0 fully saturated rings. The first-order valence-electron chi connectivity index (χ1n) is 6.10. The van der Waals surface area contributed by atoms with Gasteiger partial charge in [0, 0.05) is 23.9 Å². The highest BCUT2D eigenvalue weighted by Crippen LogP contribution is 2.32. The number of nitrogens with zero attached hydrogens (tertiary/aromatic N) is 2. The first-order valence-corrected chi connectivity index (χ1v) is 6.10. The predicted molar refractivity (Wildman–Crippen MR) is 70.1 cm³/mol. The van der Waals surface area contributed by atoms with Gasteiger partial charge in [-0.3, -0.25) is 4.98 Å². The van der Waals surface area contributed by atoms with Gasteiger partial charge in [-0.05, 0) is 30.0 Å². The zero-order valence-corrected chi connectivity index (χ0v) is 9.95. The molecule has 1 aromatic carbocycles. The summed E-state index contributed by atoms with van der Waals surface area (Å²) in [6.45, 7) is 0. The van der Waals surface area contributed by atoms with Gasteiger partial charge in [-0.15, -0.1) is 0 Å². The first-order chi connectivity index (χ1) is 8.90. The number of rotatable bonds is 1. The summed E-state index contributed by atoms with van der Waals surface area (Å²) in [5, 5.41) is 12.9. The van der Waals surface area contributed by atoms with Crippen LogP contribution in [0.3, 0.4) is 0 Å². The maximum absolute atomic E-state index is 9.34. The molecule has 1 aliphatic carbocycles. The quantitative estimate of drug-likeness (QED) is 0.613. The smallest absolute Gasteiger partial charge is 0.0945 e. The Hall–Kier alpha value is -2.16. The molecule has 3 heteroatoms. The van der Waals surface area contributed by atoms with E-state index in [9.17, 15) is 5.21 Å². The minimum Gasteiger partial charge on any atom is -0.411 e. The van der Waals surface area contributed by atoms with Gasteiger partial charge in [-0.1, -0.05) is 35.5 Å². The summed E-state index contributed by atoms with van der Waals surface area (Å²) >= 11 is 0. The molecule has 0 saturated heterocycles. The molecular weight excluding hydrogens is 224 g/mol. The summed E-state index contributed by atoms with van der Waals surface area (Å²) in [4.78, 5) is 4.15. The molecule has 3 nitrogen and oxygen atoms in total. The lowest BCUT2D eigenvalue weighted by molar-refractivity contribution is 0.316. The van der Waals surface area contributed by atoms with Gasteiger partial charge >= 0.3 is 0 Å². The SMILES string of the molecule is O/N=C1/c2ccccc2CC[C@H]1c1cccnc1. The molecule has 3 rings (SSSR count). The van der Waals surface area contributed by atoms with Crippen molar-refractivity contribution >= 4 is 5.71 Å². The van der Waals surface area contributed by atoms with Crippen molar-refractivity contribution in [3.05, 3.63) is 65.5 Å². The van der Waals surface area contributed by atoms with Crippen LogP contribution in [0.15, 0.2) is 53.9 Å². The second kappa shape index (κ2) is 4.61. The molecule has 0 bridgehead atoms. The topological polar surface area (TPSA) is 45.5 Å². The van der Waals surface area contributed by atoms with E-state index in [0.29, 0.717) is 0 Å². The zero-order chi connectivity index (χ0) is 12.4. The number of fused-ring (bicyclic) bond motifs is 1. The Morgan fingerprint density at radius 1 is 1.17 bits per heavy atom. The lowest BCUT2D eigenvalue weighted by atomic mass is 9.79. The average Bonchev–Trinajstić information content (AvgIpc) is 2.47. The molecule has 1 heterocycles. The number of benzene rings is 1. The van der Waals surface area contributed by atoms with Crippen LogP contribution in [0.1, 0.15) is 29.0 Å². The summed E-state index contributed by atoms with van der Waals surface area (Å²) in [6.07, 6.45) is 5.58. The van der Waals surface area contributed by atoms with Crippen LogP contribution >= 0.6 is 0 Å². The third-order valence-corrected chi connectivity index (χ3v) is 3.52. The van der Waals surface area contributed by atoms with Crippen LogP contribution in [0.2, 0.25) is 0 Å². The zero-order valence-electron chi connectivity index (χ0n) is 9.95. The van der Waals surface area contributed by atoms with E-state index in [1.54, 1.807) is 6.20 Å². The Balaban J connectivity index is 2.06. The fraction of sp³-hybridized carbons (Fsp3) is 0.200. The number of aryl methyl sites for hydroxylation is 1. The van der Waals surface area contributed by atoms with Crippen molar-refractivity contribution in [2.75, 3.05) is 0 Å². The Morgan fingerprint density at radius 3 is 2.83 bits per heavy atom. The van der Waals surface area contributed by atoms with Crippen molar-refractivity contribution in [1.82, 2.24) is 4.98 Å². The van der Waals surface area contributed by atoms with Gasteiger partial charge in [0.15, 0.2) is 0 Å². The first kappa shape index (κ1) is 11.0. The van der Waals surface area contributed by atoms with E-state index in [4.69, 9.17) is 0 Å². The lowest BCUT2D eigenvalue weighted by Crippen LogP contribution is -2.22. The van der Waals surface area contributed by atoms with Gasteiger partial charge in [-0.2, -0.15) is 0 Å². The van der Waals surface area contributed by atoms with E-state index in [0.717, 1.165) is 29.7 Å². The molecule has 0 unspecified atom stereocenters. The molecule has 0 aliphatic heterocycles. The van der Waals surface area contributed by atoms with E-state index in [1.165, 1.54) is 5.56 Å². The van der Waals surface area contributed by atoms with E-state index in [2.05, 4.69) is 16.2 Å². The van der Waals surface area contributed by atoms with E-state index in [-0.39, 0.29) is 5.92 Å². The standard InChI is InChI=1S/C15H14N2O/c18-17-15-13-6-2-1-4-11(13)7-8-14(15)12-5-3-9-16-10-12/h1-6,9-10,14,18H,7-8H2/b17-15-/t14-/m0/s1. The molecule has 90 valence electrons. The van der Waals surface area contributed by atoms with Crippen LogP contribution in [0.5, 0.6) is 0 Å². The number of hydrogen-bond acceptors (Lipinski definition) is 3. The number of aromatic nitrogens is 1. The fourth-order valence-corrected chi connectivity index (χ4v) is 2.64. The maximum atomic E-state index is 9.34. The Morgan fingerprint density at radius 2 is 2.06 bits per heavy atom. The minimum absolute atomic E-state index is 0.138. The Bertz CT molecular complexity index is 578. The molecular formula is C15H14N2O. The molecule has 2 aromatic rings. The fourth-order valence-electron chi connectivity index (χ4n) is 2.64. The normalized spacial score (nSPS) is 20.7. The number of hydrogen-bond donors (Lipinski definition) is 1. The van der Waals surface area contributed by atoms with Crippen LogP contribution in [-0.4, -0.2) is 15.9 Å². The summed E-state index contributed by atoms with van der Waals surface area (Å²) < 4.78 is 0. The van der Waals surface area contributed by atoms with Crippen molar-refractivity contribution in [1.29, 1.82) is 0 Å². The van der Waals surface area contributed by atoms with Gasteiger partial charge in [0.05, 0.1) is 5.71 Å². The van der Waals surface area contributed by atoms with Crippen molar-refractivity contribution in [2.24, 2.45) is 5.16 Å². The van der Waals surface area contributed by atoms with Crippen LogP contribution in [0, 0.1) is 0 Å². The molecule has 0 amide bonds. The molecule has 1 N–H and O–H groups in total. The minimum atomic E-state index is 0.138. The van der Waals surface area contributed by atoms with Crippen molar-refractivity contribution in [3.8, 4) is 0 Å². The van der Waals surface area contributed by atoms with Gasteiger partial charge < -0.3 is 5.21 Å². The molecule has 0 radical (unpaired) electrons. The van der Waals surface area contributed by atoms with Gasteiger partial charge in [0.25, 0.3) is 0 Å². The Labute approximate surface area is 106 Å². The summed E-state index contributed by atoms with van der Waals surface area (Å²) in [7, 11) is 0. The maximum Gasteiger partial charge on any atom is 0.0945 e. The third kappa shape index (κ3) is 1.78. The molecule has 1 aromatic heterocycles. The van der Waals surface area contributed by atoms with Crippen LogP contribution in [-0.2, 0) is 6.42 Å². The summed E-state index contributed by atoms with van der Waals surface area (Å²) in [5.41, 5.74) is 4.18. The van der Waals surface area contributed by atoms with Crippen molar-refractivity contribution < 1.29 is 5.21 Å². The summed E-state index contributed by atoms with van der Waals surface area (Å²) in [5.74, 6) is 0.138. The largest absolute Gasteiger partial charge is 0.411 e. The monoisotopic (exact) mass is 238 g/mol. The second-order valence-electron chi connectivity index (χ2n) is 4.52. The molecule has 18 heavy (non-hydrogen) atoms. The number of oxime groups is 1. The third-order valence-electron chi connectivity index (χ3n) is 3.52. The van der Waals surface area contributed by atoms with Crippen LogP contribution < -0.4 is 0 Å². The molecule has 1 aliphatic rings. The van der Waals surface area contributed by atoms with Crippen LogP contribution in [0.25, 0.3) is 0 Å². The highest BCUT2D eigenvalue weighted by Gasteiger charge is 2.27. The second-order valence-corrected chi connectivity index (χ2v) is 4.52. The average molecular weight is 238 g/mol. The van der Waals surface area contributed by atoms with Crippen molar-refractivity contribution in [3.63, 3.8) is 0 Å². The lowest BCUT2D eigenvalue weighted by Gasteiger charge is -2.25. The highest BCUT2D eigenvalue weighted by molar-refractivity contribution is 6.06. The van der Waals surface area contributed by atoms with Gasteiger partial charge in [0.2, 0.25) is 0 Å². The van der Waals surface area contributed by atoms with Crippen LogP contribution in [0.4, 0.5) is 0 Å². The van der Waals surface area contributed by atoms with Crippen molar-refractivity contribution in [2.45, 2.75) is 18.8 Å². The molecule has 1 atom stereocenters. The highest BCUT2D eigenvalue weighted by atomic mass is 16.4. The summed E-state index contributed by atoms with van der Waals surface area (Å²) in [6, 6.07) is 12.1. The van der Waals surface area contributed by atoms with E-state index in [1.807, 2.05) is 36.5 Å². The predicted octanol–water partition coefficient (Wildman–Crippen LogP) is 2.99. The molecule has 0 saturated carbocycles. The van der Waals surface area contributed by atoms with Gasteiger partial charge in [0.1, 0.15) is 0 Å². The number of pyridine rings is 1. The molecule has 0 spiro atoms. The van der Waals surface area contributed by atoms with E-state index < -0.39 is 0 Å².